The minimum Gasteiger partial charge on any atom is -0.486 e. The highest BCUT2D eigenvalue weighted by Crippen LogP contribution is 2.41. The number of rotatable bonds is 2. The van der Waals surface area contributed by atoms with Gasteiger partial charge in [0.1, 0.15) is 27.3 Å². The average Bonchev–Trinajstić information content (AvgIpc) is 2.95. The molecule has 1 aliphatic heterocycles. The lowest BCUT2D eigenvalue weighted by Crippen LogP contribution is -2.24. The summed E-state index contributed by atoms with van der Waals surface area (Å²) in [4.78, 5) is 15.7. The lowest BCUT2D eigenvalue weighted by atomic mass is 9.98. The Hall–Kier alpha value is -2.39. The number of benzene rings is 1. The Balaban J connectivity index is 2.13. The molecule has 0 atom stereocenters. The number of ether oxygens (including phenoxy) is 1. The van der Waals surface area contributed by atoms with E-state index in [1.54, 1.807) is 13.0 Å². The Kier molecular flexibility index (Phi) is 3.18. The average molecular weight is 314 g/mol. The van der Waals surface area contributed by atoms with E-state index in [9.17, 15) is 10.1 Å². The van der Waals surface area contributed by atoms with Crippen molar-refractivity contribution in [3.05, 3.63) is 33.8 Å². The van der Waals surface area contributed by atoms with Gasteiger partial charge in [-0.15, -0.1) is 11.3 Å². The molecule has 0 spiro atoms. The molecule has 0 fully saturated rings. The number of hydrogen-bond acceptors (Lipinski definition) is 5. The first-order valence-electron chi connectivity index (χ1n) is 6.78. The maximum Gasteiger partial charge on any atom is 0.347 e. The second-order valence-corrected chi connectivity index (χ2v) is 6.90. The van der Waals surface area contributed by atoms with Crippen LogP contribution in [0.5, 0.6) is 5.75 Å². The van der Waals surface area contributed by atoms with Crippen molar-refractivity contribution in [2.45, 2.75) is 32.8 Å². The number of aromatic carboxylic acids is 1. The first-order chi connectivity index (χ1) is 10.3. The summed E-state index contributed by atoms with van der Waals surface area (Å²) in [5, 5.41) is 19.1. The topological polar surface area (TPSA) is 83.2 Å². The lowest BCUT2D eigenvalue weighted by Gasteiger charge is -2.17. The molecule has 3 rings (SSSR count). The smallest absolute Gasteiger partial charge is 0.347 e. The second-order valence-electron chi connectivity index (χ2n) is 5.90. The summed E-state index contributed by atoms with van der Waals surface area (Å²) >= 11 is 1.12. The van der Waals surface area contributed by atoms with Gasteiger partial charge in [0.2, 0.25) is 0 Å². The maximum atomic E-state index is 11.2. The van der Waals surface area contributed by atoms with E-state index in [0.29, 0.717) is 28.4 Å². The van der Waals surface area contributed by atoms with Gasteiger partial charge < -0.3 is 9.84 Å². The molecule has 0 aliphatic carbocycles. The largest absolute Gasteiger partial charge is 0.486 e. The van der Waals surface area contributed by atoms with Crippen LogP contribution < -0.4 is 4.74 Å². The predicted octanol–water partition coefficient (Wildman–Crippen LogP) is 3.40. The first kappa shape index (κ1) is 14.5. The zero-order valence-corrected chi connectivity index (χ0v) is 13.2. The van der Waals surface area contributed by atoms with Gasteiger partial charge in [-0.05, 0) is 32.9 Å². The Morgan fingerprint density at radius 1 is 1.50 bits per heavy atom. The normalized spacial score (nSPS) is 15.0. The van der Waals surface area contributed by atoms with Crippen LogP contribution in [0.2, 0.25) is 0 Å². The van der Waals surface area contributed by atoms with Gasteiger partial charge in [-0.25, -0.2) is 9.78 Å². The molecule has 1 aromatic carbocycles. The molecule has 5 nitrogen and oxygen atoms in total. The Labute approximate surface area is 131 Å². The van der Waals surface area contributed by atoms with Gasteiger partial charge in [-0.1, -0.05) is 0 Å². The number of aromatic nitrogens is 1. The molecular formula is C16H14N2O3S. The highest BCUT2D eigenvalue weighted by atomic mass is 32.1. The highest BCUT2D eigenvalue weighted by molar-refractivity contribution is 7.17. The van der Waals surface area contributed by atoms with Crippen LogP contribution in [0.4, 0.5) is 0 Å². The quantitative estimate of drug-likeness (QED) is 0.918. The van der Waals surface area contributed by atoms with Crippen LogP contribution in [0.15, 0.2) is 12.1 Å². The van der Waals surface area contributed by atoms with Gasteiger partial charge in [0.15, 0.2) is 0 Å². The second kappa shape index (κ2) is 4.82. The zero-order valence-electron chi connectivity index (χ0n) is 12.4. The van der Waals surface area contributed by atoms with Crippen molar-refractivity contribution in [2.24, 2.45) is 0 Å². The number of nitriles is 1. The van der Waals surface area contributed by atoms with E-state index in [-0.39, 0.29) is 10.5 Å². The standard InChI is InChI=1S/C16H14N2O3S/c1-8-13(15(19)20)22-14(18-8)9-4-10-6-16(2,3)21-12(10)11(5-9)7-17/h4-5H,6H2,1-3H3,(H,19,20). The van der Waals surface area contributed by atoms with E-state index in [1.165, 1.54) is 0 Å². The van der Waals surface area contributed by atoms with Crippen LogP contribution in [-0.2, 0) is 6.42 Å². The van der Waals surface area contributed by atoms with Crippen LogP contribution in [0.3, 0.4) is 0 Å². The molecule has 1 N–H and O–H groups in total. The fraction of sp³-hybridized carbons (Fsp3) is 0.312. The number of thiazole rings is 1. The molecule has 0 saturated carbocycles. The van der Waals surface area contributed by atoms with E-state index in [4.69, 9.17) is 9.84 Å². The van der Waals surface area contributed by atoms with Gasteiger partial charge >= 0.3 is 5.97 Å². The summed E-state index contributed by atoms with van der Waals surface area (Å²) < 4.78 is 5.84. The van der Waals surface area contributed by atoms with Crippen molar-refractivity contribution in [1.29, 1.82) is 5.26 Å². The number of fused-ring (bicyclic) bond motifs is 1. The number of nitrogens with zero attached hydrogens (tertiary/aromatic N) is 2. The summed E-state index contributed by atoms with van der Waals surface area (Å²) in [5.74, 6) is -0.352. The van der Waals surface area contributed by atoms with Crippen molar-refractivity contribution < 1.29 is 14.6 Å². The van der Waals surface area contributed by atoms with E-state index in [1.807, 2.05) is 19.9 Å². The molecule has 0 unspecified atom stereocenters. The third-order valence-corrected chi connectivity index (χ3v) is 4.71. The molecule has 0 amide bonds. The third-order valence-electron chi connectivity index (χ3n) is 3.52. The van der Waals surface area contributed by atoms with Gasteiger partial charge in [0.25, 0.3) is 0 Å². The van der Waals surface area contributed by atoms with Crippen LogP contribution >= 0.6 is 11.3 Å². The molecule has 22 heavy (non-hydrogen) atoms. The summed E-state index contributed by atoms with van der Waals surface area (Å²) in [6, 6.07) is 5.81. The molecule has 6 heteroatoms. The fourth-order valence-electron chi connectivity index (χ4n) is 2.64. The minimum atomic E-state index is -0.979. The van der Waals surface area contributed by atoms with Crippen molar-refractivity contribution in [3.8, 4) is 22.4 Å². The van der Waals surface area contributed by atoms with Crippen molar-refractivity contribution in [3.63, 3.8) is 0 Å². The first-order valence-corrected chi connectivity index (χ1v) is 7.59. The third kappa shape index (κ3) is 2.34. The highest BCUT2D eigenvalue weighted by Gasteiger charge is 2.32. The maximum absolute atomic E-state index is 11.2. The molecule has 2 heterocycles. The molecule has 1 aliphatic rings. The summed E-state index contributed by atoms with van der Waals surface area (Å²) in [6.07, 6.45) is 0.709. The Morgan fingerprint density at radius 2 is 2.23 bits per heavy atom. The molecule has 1 aromatic heterocycles. The number of aryl methyl sites for hydroxylation is 1. The zero-order chi connectivity index (χ0) is 16.1. The summed E-state index contributed by atoms with van der Waals surface area (Å²) in [7, 11) is 0. The number of hydrogen-bond donors (Lipinski definition) is 1. The van der Waals surface area contributed by atoms with Crippen LogP contribution in [0.25, 0.3) is 10.6 Å². The number of carboxylic acid groups (broad SMARTS) is 1. The number of carbonyl (C=O) groups is 1. The van der Waals surface area contributed by atoms with Crippen LogP contribution in [-0.4, -0.2) is 21.7 Å². The monoisotopic (exact) mass is 314 g/mol. The molecule has 112 valence electrons. The molecule has 0 bridgehead atoms. The van der Waals surface area contributed by atoms with Crippen molar-refractivity contribution in [2.75, 3.05) is 0 Å². The van der Waals surface area contributed by atoms with Gasteiger partial charge in [-0.2, -0.15) is 5.26 Å². The molecule has 0 saturated heterocycles. The Morgan fingerprint density at radius 3 is 2.82 bits per heavy atom. The van der Waals surface area contributed by atoms with Crippen LogP contribution in [0, 0.1) is 18.3 Å². The van der Waals surface area contributed by atoms with E-state index in [2.05, 4.69) is 11.1 Å². The molecule has 0 radical (unpaired) electrons. The minimum absolute atomic E-state index is 0.227. The van der Waals surface area contributed by atoms with Gasteiger partial charge in [-0.3, -0.25) is 0 Å². The Bertz CT molecular complexity index is 831. The summed E-state index contributed by atoms with van der Waals surface area (Å²) in [5.41, 5.74) is 2.34. The van der Waals surface area contributed by atoms with Gasteiger partial charge in [0.05, 0.1) is 11.3 Å². The van der Waals surface area contributed by atoms with Crippen molar-refractivity contribution >= 4 is 17.3 Å². The van der Waals surface area contributed by atoms with Crippen molar-refractivity contribution in [1.82, 2.24) is 4.98 Å². The number of carboxylic acids is 1. The lowest BCUT2D eigenvalue weighted by molar-refractivity contribution is 0.0701. The SMILES string of the molecule is Cc1nc(-c2cc(C#N)c3c(c2)CC(C)(C)O3)sc1C(=O)O. The molecular weight excluding hydrogens is 300 g/mol. The van der Waals surface area contributed by atoms with E-state index in [0.717, 1.165) is 22.5 Å². The van der Waals surface area contributed by atoms with E-state index < -0.39 is 5.97 Å². The predicted molar refractivity (Wildman–Crippen MR) is 82.4 cm³/mol. The van der Waals surface area contributed by atoms with Crippen LogP contribution in [0.1, 0.15) is 40.3 Å². The van der Waals surface area contributed by atoms with Gasteiger partial charge in [0, 0.05) is 17.5 Å². The summed E-state index contributed by atoms with van der Waals surface area (Å²) in [6.45, 7) is 5.63. The molecule has 2 aromatic rings. The fourth-order valence-corrected chi connectivity index (χ4v) is 3.53. The van der Waals surface area contributed by atoms with E-state index >= 15 is 0 Å².